The van der Waals surface area contributed by atoms with Gasteiger partial charge in [-0.2, -0.15) is 0 Å². The Labute approximate surface area is 110 Å². The van der Waals surface area contributed by atoms with Crippen molar-refractivity contribution in [3.05, 3.63) is 28.8 Å². The maximum Gasteiger partial charge on any atom is 0.326 e. The fraction of sp³-hybridized carbons (Fsp3) is 0.333. The maximum atomic E-state index is 12.1. The lowest BCUT2D eigenvalue weighted by molar-refractivity contribution is -0.142. The second-order valence-corrected chi connectivity index (χ2v) is 4.25. The molecule has 1 aromatic carbocycles. The molecule has 0 aromatic heterocycles. The summed E-state index contributed by atoms with van der Waals surface area (Å²) in [6.07, 6.45) is 0.286. The van der Waals surface area contributed by atoms with Gasteiger partial charge in [0.2, 0.25) is 0 Å². The maximum absolute atomic E-state index is 12.1. The molecule has 98 valence electrons. The minimum absolute atomic E-state index is 0.0823. The van der Waals surface area contributed by atoms with Crippen molar-refractivity contribution in [1.29, 1.82) is 0 Å². The van der Waals surface area contributed by atoms with Gasteiger partial charge in [-0.3, -0.25) is 4.79 Å². The third kappa shape index (κ3) is 2.92. The largest absolute Gasteiger partial charge is 0.508 e. The summed E-state index contributed by atoms with van der Waals surface area (Å²) in [5.41, 5.74) is 0.0823. The van der Waals surface area contributed by atoms with Crippen LogP contribution in [0.5, 0.6) is 5.75 Å². The van der Waals surface area contributed by atoms with Crippen LogP contribution in [0.2, 0.25) is 5.02 Å². The van der Waals surface area contributed by atoms with Gasteiger partial charge >= 0.3 is 5.97 Å². The molecule has 5 nitrogen and oxygen atoms in total. The van der Waals surface area contributed by atoms with E-state index in [1.54, 1.807) is 6.92 Å². The van der Waals surface area contributed by atoms with Crippen molar-refractivity contribution >= 4 is 23.5 Å². The van der Waals surface area contributed by atoms with Crippen molar-refractivity contribution in [2.75, 3.05) is 7.05 Å². The predicted octanol–water partition coefficient (Wildman–Crippen LogP) is 1.98. The molecule has 0 aliphatic heterocycles. The van der Waals surface area contributed by atoms with Gasteiger partial charge in [0, 0.05) is 7.05 Å². The summed E-state index contributed by atoms with van der Waals surface area (Å²) in [5, 5.41) is 18.5. The molecular weight excluding hydrogens is 258 g/mol. The zero-order chi connectivity index (χ0) is 13.9. The average molecular weight is 272 g/mol. The van der Waals surface area contributed by atoms with Crippen LogP contribution in [-0.2, 0) is 4.79 Å². The Morgan fingerprint density at radius 1 is 1.44 bits per heavy atom. The molecule has 0 heterocycles. The van der Waals surface area contributed by atoms with E-state index in [1.165, 1.54) is 25.2 Å². The van der Waals surface area contributed by atoms with Crippen LogP contribution in [0.15, 0.2) is 18.2 Å². The lowest BCUT2D eigenvalue weighted by Crippen LogP contribution is -2.42. The number of carbonyl (C=O) groups is 2. The first-order chi connectivity index (χ1) is 8.38. The molecule has 0 spiro atoms. The fourth-order valence-corrected chi connectivity index (χ4v) is 1.82. The predicted molar refractivity (Wildman–Crippen MR) is 66.9 cm³/mol. The van der Waals surface area contributed by atoms with Crippen molar-refractivity contribution in [3.63, 3.8) is 0 Å². The SMILES string of the molecule is CCC(C(=O)O)N(C)C(=O)c1cc(O)ccc1Cl. The van der Waals surface area contributed by atoms with Gasteiger partial charge in [-0.05, 0) is 24.6 Å². The summed E-state index contributed by atoms with van der Waals surface area (Å²) in [6.45, 7) is 1.67. The number of nitrogens with zero attached hydrogens (tertiary/aromatic N) is 1. The van der Waals surface area contributed by atoms with Crippen molar-refractivity contribution in [1.82, 2.24) is 4.90 Å². The molecule has 6 heteroatoms. The summed E-state index contributed by atoms with van der Waals surface area (Å²) in [5.74, 6) is -1.71. The zero-order valence-electron chi connectivity index (χ0n) is 10.1. The molecule has 0 saturated carbocycles. The Morgan fingerprint density at radius 3 is 2.56 bits per heavy atom. The number of amides is 1. The Balaban J connectivity index is 3.06. The molecule has 0 aliphatic carbocycles. The Kier molecular flexibility index (Phi) is 4.55. The van der Waals surface area contributed by atoms with Crippen LogP contribution in [0.4, 0.5) is 0 Å². The number of phenols is 1. The van der Waals surface area contributed by atoms with Crippen molar-refractivity contribution in [3.8, 4) is 5.75 Å². The molecule has 2 N–H and O–H groups in total. The molecule has 18 heavy (non-hydrogen) atoms. The first kappa shape index (κ1) is 14.3. The molecule has 1 unspecified atom stereocenters. The normalized spacial score (nSPS) is 11.9. The van der Waals surface area contributed by atoms with Crippen LogP contribution in [0.3, 0.4) is 0 Å². The number of likely N-dealkylation sites (N-methyl/N-ethyl adjacent to an activating group) is 1. The Hall–Kier alpha value is -1.75. The standard InChI is InChI=1S/C12H14ClNO4/c1-3-10(12(17)18)14(2)11(16)8-6-7(15)4-5-9(8)13/h4-6,10,15H,3H2,1-2H3,(H,17,18). The zero-order valence-corrected chi connectivity index (χ0v) is 10.8. The van der Waals surface area contributed by atoms with Crippen LogP contribution >= 0.6 is 11.6 Å². The summed E-state index contributed by atoms with van der Waals surface area (Å²) in [7, 11) is 1.39. The topological polar surface area (TPSA) is 77.8 Å². The number of rotatable bonds is 4. The Bertz CT molecular complexity index is 475. The molecule has 1 rings (SSSR count). The Morgan fingerprint density at radius 2 is 2.06 bits per heavy atom. The number of carboxylic acid groups (broad SMARTS) is 1. The van der Waals surface area contributed by atoms with Crippen LogP contribution in [-0.4, -0.2) is 40.1 Å². The van der Waals surface area contributed by atoms with Crippen LogP contribution in [0, 0.1) is 0 Å². The first-order valence-electron chi connectivity index (χ1n) is 5.37. The summed E-state index contributed by atoms with van der Waals surface area (Å²) in [6, 6.07) is 3.04. The van der Waals surface area contributed by atoms with Gasteiger partial charge in [0.25, 0.3) is 5.91 Å². The number of benzene rings is 1. The molecule has 0 aliphatic rings. The van der Waals surface area contributed by atoms with Gasteiger partial charge in [-0.15, -0.1) is 0 Å². The lowest BCUT2D eigenvalue weighted by atomic mass is 10.1. The van der Waals surface area contributed by atoms with E-state index in [9.17, 15) is 14.7 Å². The highest BCUT2D eigenvalue weighted by Crippen LogP contribution is 2.23. The molecule has 1 amide bonds. The molecule has 1 aromatic rings. The molecule has 0 radical (unpaired) electrons. The molecule has 0 saturated heterocycles. The van der Waals surface area contributed by atoms with E-state index >= 15 is 0 Å². The molecule has 1 atom stereocenters. The minimum atomic E-state index is -1.08. The highest BCUT2D eigenvalue weighted by Gasteiger charge is 2.26. The number of carboxylic acids is 1. The van der Waals surface area contributed by atoms with E-state index in [2.05, 4.69) is 0 Å². The van der Waals surface area contributed by atoms with Gasteiger partial charge in [0.05, 0.1) is 10.6 Å². The van der Waals surface area contributed by atoms with Crippen molar-refractivity contribution < 1.29 is 19.8 Å². The average Bonchev–Trinajstić information content (AvgIpc) is 2.31. The molecule has 0 fully saturated rings. The third-order valence-electron chi connectivity index (χ3n) is 2.64. The van der Waals surface area contributed by atoms with Crippen LogP contribution in [0.1, 0.15) is 23.7 Å². The second-order valence-electron chi connectivity index (χ2n) is 3.84. The molecule has 0 bridgehead atoms. The minimum Gasteiger partial charge on any atom is -0.508 e. The highest BCUT2D eigenvalue weighted by atomic mass is 35.5. The van der Waals surface area contributed by atoms with E-state index in [0.717, 1.165) is 4.90 Å². The number of hydrogen-bond acceptors (Lipinski definition) is 3. The van der Waals surface area contributed by atoms with Crippen LogP contribution < -0.4 is 0 Å². The summed E-state index contributed by atoms with van der Waals surface area (Å²) >= 11 is 5.86. The summed E-state index contributed by atoms with van der Waals surface area (Å²) in [4.78, 5) is 24.2. The number of carbonyl (C=O) groups excluding carboxylic acids is 1. The fourth-order valence-electron chi connectivity index (χ4n) is 1.62. The van der Waals surface area contributed by atoms with E-state index < -0.39 is 17.9 Å². The number of aromatic hydroxyl groups is 1. The van der Waals surface area contributed by atoms with Crippen LogP contribution in [0.25, 0.3) is 0 Å². The summed E-state index contributed by atoms with van der Waals surface area (Å²) < 4.78 is 0. The third-order valence-corrected chi connectivity index (χ3v) is 2.97. The highest BCUT2D eigenvalue weighted by molar-refractivity contribution is 6.33. The van der Waals surface area contributed by atoms with Gasteiger partial charge in [0.15, 0.2) is 0 Å². The second kappa shape index (κ2) is 5.73. The number of hydrogen-bond donors (Lipinski definition) is 2. The van der Waals surface area contributed by atoms with E-state index in [0.29, 0.717) is 0 Å². The van der Waals surface area contributed by atoms with Gasteiger partial charge in [-0.25, -0.2) is 4.79 Å². The van der Waals surface area contributed by atoms with Crippen molar-refractivity contribution in [2.45, 2.75) is 19.4 Å². The lowest BCUT2D eigenvalue weighted by Gasteiger charge is -2.24. The number of phenolic OH excluding ortho intramolecular Hbond substituents is 1. The number of aliphatic carboxylic acids is 1. The van der Waals surface area contributed by atoms with Gasteiger partial charge in [-0.1, -0.05) is 18.5 Å². The van der Waals surface area contributed by atoms with E-state index in [4.69, 9.17) is 16.7 Å². The van der Waals surface area contributed by atoms with E-state index in [1.807, 2.05) is 0 Å². The quantitative estimate of drug-likeness (QED) is 0.878. The van der Waals surface area contributed by atoms with Gasteiger partial charge < -0.3 is 15.1 Å². The van der Waals surface area contributed by atoms with Crippen molar-refractivity contribution in [2.24, 2.45) is 0 Å². The van der Waals surface area contributed by atoms with Gasteiger partial charge in [0.1, 0.15) is 11.8 Å². The molecular formula is C12H14ClNO4. The monoisotopic (exact) mass is 271 g/mol. The van der Waals surface area contributed by atoms with E-state index in [-0.39, 0.29) is 22.8 Å². The smallest absolute Gasteiger partial charge is 0.326 e. The number of halogens is 1. The first-order valence-corrected chi connectivity index (χ1v) is 5.74.